The van der Waals surface area contributed by atoms with E-state index in [1.165, 1.54) is 23.5 Å². The van der Waals surface area contributed by atoms with E-state index in [2.05, 4.69) is 33.3 Å². The molecule has 15 heavy (non-hydrogen) atoms. The van der Waals surface area contributed by atoms with Crippen LogP contribution in [0.4, 0.5) is 0 Å². The van der Waals surface area contributed by atoms with Crippen molar-refractivity contribution >= 4 is 11.3 Å². The molecule has 0 fully saturated rings. The van der Waals surface area contributed by atoms with Crippen LogP contribution in [0.1, 0.15) is 18.7 Å². The maximum Gasteiger partial charge on any atom is 0.109 e. The summed E-state index contributed by atoms with van der Waals surface area (Å²) in [4.78, 5) is 5.95. The summed E-state index contributed by atoms with van der Waals surface area (Å²) in [6, 6.07) is 4.22. The molecule has 0 radical (unpaired) electrons. The number of aromatic nitrogens is 2. The normalized spacial score (nSPS) is 14.4. The molecule has 0 spiro atoms. The molecule has 3 heterocycles. The van der Waals surface area contributed by atoms with E-state index in [9.17, 15) is 0 Å². The van der Waals surface area contributed by atoms with Crippen LogP contribution in [0.3, 0.4) is 0 Å². The molecule has 2 aromatic heterocycles. The van der Waals surface area contributed by atoms with Gasteiger partial charge in [-0.3, -0.25) is 0 Å². The molecule has 2 aromatic rings. The van der Waals surface area contributed by atoms with E-state index in [0.717, 1.165) is 18.7 Å². The van der Waals surface area contributed by atoms with Crippen molar-refractivity contribution < 1.29 is 17.0 Å². The van der Waals surface area contributed by atoms with Gasteiger partial charge in [0.05, 0.1) is 10.6 Å². The van der Waals surface area contributed by atoms with Crippen LogP contribution < -0.4 is 17.0 Å². The Kier molecular flexibility index (Phi) is 3.26. The molecule has 0 saturated carbocycles. The zero-order valence-corrected chi connectivity index (χ0v) is 10.7. The highest BCUT2D eigenvalue weighted by Crippen LogP contribution is 2.25. The molecule has 0 unspecified atom stereocenters. The first-order valence-corrected chi connectivity index (χ1v) is 5.91. The number of fused-ring (bicyclic) bond motifs is 1. The summed E-state index contributed by atoms with van der Waals surface area (Å²) < 4.78 is 2.30. The van der Waals surface area contributed by atoms with Gasteiger partial charge in [0.2, 0.25) is 0 Å². The van der Waals surface area contributed by atoms with Crippen molar-refractivity contribution in [3.8, 4) is 10.6 Å². The zero-order chi connectivity index (χ0) is 9.38. The minimum absolute atomic E-state index is 0. The van der Waals surface area contributed by atoms with Gasteiger partial charge in [-0.25, -0.2) is 4.98 Å². The summed E-state index contributed by atoms with van der Waals surface area (Å²) >= 11 is 1.76. The van der Waals surface area contributed by atoms with E-state index in [1.807, 2.05) is 0 Å². The summed E-state index contributed by atoms with van der Waals surface area (Å²) in [5.74, 6) is 1.26. The van der Waals surface area contributed by atoms with E-state index < -0.39 is 0 Å². The van der Waals surface area contributed by atoms with Crippen molar-refractivity contribution in [1.29, 1.82) is 0 Å². The molecular formula is C11H12BrN2S-. The van der Waals surface area contributed by atoms with Gasteiger partial charge < -0.3 is 21.5 Å². The van der Waals surface area contributed by atoms with E-state index in [4.69, 9.17) is 0 Å². The summed E-state index contributed by atoms with van der Waals surface area (Å²) in [5.41, 5.74) is 1.15. The minimum Gasteiger partial charge on any atom is -1.00 e. The van der Waals surface area contributed by atoms with Crippen molar-refractivity contribution in [2.75, 3.05) is 0 Å². The van der Waals surface area contributed by atoms with Crippen LogP contribution in [0.25, 0.3) is 10.6 Å². The highest BCUT2D eigenvalue weighted by atomic mass is 79.9. The number of halogens is 1. The molecule has 4 heteroatoms. The zero-order valence-electron chi connectivity index (χ0n) is 8.32. The Labute approximate surface area is 104 Å². The fourth-order valence-electron chi connectivity index (χ4n) is 1.96. The number of hydrogen-bond donors (Lipinski definition) is 0. The molecule has 0 aromatic carbocycles. The first kappa shape index (κ1) is 10.9. The Morgan fingerprint density at radius 1 is 1.33 bits per heavy atom. The molecule has 0 amide bonds. The van der Waals surface area contributed by atoms with Crippen LogP contribution >= 0.6 is 11.3 Å². The lowest BCUT2D eigenvalue weighted by molar-refractivity contribution is -0.00000284. The molecule has 1 aliphatic heterocycles. The van der Waals surface area contributed by atoms with E-state index in [1.54, 1.807) is 11.3 Å². The van der Waals surface area contributed by atoms with Crippen LogP contribution in [0.5, 0.6) is 0 Å². The smallest absolute Gasteiger partial charge is 0.109 e. The van der Waals surface area contributed by atoms with Crippen LogP contribution in [0.15, 0.2) is 23.7 Å². The van der Waals surface area contributed by atoms with E-state index in [0.29, 0.717) is 0 Å². The molecule has 2 nitrogen and oxygen atoms in total. The van der Waals surface area contributed by atoms with Crippen LogP contribution in [-0.4, -0.2) is 9.55 Å². The predicted octanol–water partition coefficient (Wildman–Crippen LogP) is -0.0481. The number of rotatable bonds is 1. The molecule has 0 bridgehead atoms. The topological polar surface area (TPSA) is 17.8 Å². The Morgan fingerprint density at radius 2 is 2.27 bits per heavy atom. The lowest BCUT2D eigenvalue weighted by Gasteiger charge is -2.11. The lowest BCUT2D eigenvalue weighted by atomic mass is 10.2. The number of imidazole rings is 1. The van der Waals surface area contributed by atoms with Crippen LogP contribution in [0.2, 0.25) is 0 Å². The molecule has 80 valence electrons. The quantitative estimate of drug-likeness (QED) is 0.718. The van der Waals surface area contributed by atoms with Gasteiger partial charge in [-0.05, 0) is 24.3 Å². The maximum absolute atomic E-state index is 4.67. The Bertz CT molecular complexity index is 410. The molecule has 0 saturated heterocycles. The third-order valence-corrected chi connectivity index (χ3v) is 3.57. The van der Waals surface area contributed by atoms with E-state index in [-0.39, 0.29) is 17.0 Å². The molecule has 0 atom stereocenters. The van der Waals surface area contributed by atoms with Gasteiger partial charge in [-0.2, -0.15) is 0 Å². The minimum atomic E-state index is 0. The predicted molar refractivity (Wildman–Crippen MR) is 58.5 cm³/mol. The SMILES string of the molecule is [Br-].c1csc(-c2cn3c(n2)CCCC3)c1. The Hall–Kier alpha value is -0.610. The van der Waals surface area contributed by atoms with Crippen molar-refractivity contribution in [2.45, 2.75) is 25.8 Å². The van der Waals surface area contributed by atoms with Crippen LogP contribution in [0, 0.1) is 0 Å². The molecule has 3 rings (SSSR count). The van der Waals surface area contributed by atoms with Crippen LogP contribution in [-0.2, 0) is 13.0 Å². The second-order valence-corrected chi connectivity index (χ2v) is 4.62. The number of aryl methyl sites for hydroxylation is 2. The Morgan fingerprint density at radius 3 is 3.00 bits per heavy atom. The van der Waals surface area contributed by atoms with Crippen molar-refractivity contribution in [3.05, 3.63) is 29.5 Å². The van der Waals surface area contributed by atoms with Crippen molar-refractivity contribution in [1.82, 2.24) is 9.55 Å². The summed E-state index contributed by atoms with van der Waals surface area (Å²) in [7, 11) is 0. The van der Waals surface area contributed by atoms with E-state index >= 15 is 0 Å². The summed E-state index contributed by atoms with van der Waals surface area (Å²) in [6.45, 7) is 1.15. The van der Waals surface area contributed by atoms with Crippen molar-refractivity contribution in [3.63, 3.8) is 0 Å². The second-order valence-electron chi connectivity index (χ2n) is 3.67. The molecule has 0 aliphatic carbocycles. The fraction of sp³-hybridized carbons (Fsp3) is 0.364. The monoisotopic (exact) mass is 283 g/mol. The fourth-order valence-corrected chi connectivity index (χ4v) is 2.64. The first-order chi connectivity index (χ1) is 6.93. The molecule has 0 N–H and O–H groups in total. The first-order valence-electron chi connectivity index (χ1n) is 5.03. The Balaban J connectivity index is 0.000000853. The lowest BCUT2D eigenvalue weighted by Crippen LogP contribution is -3.00. The standard InChI is InChI=1S/C11H12N2S.BrH/c1-2-6-13-8-9(12-11(13)5-1)10-4-3-7-14-10;/h3-4,7-8H,1-2,5-6H2;1H/p-1. The largest absolute Gasteiger partial charge is 1.00 e. The maximum atomic E-state index is 4.67. The highest BCUT2D eigenvalue weighted by molar-refractivity contribution is 7.13. The van der Waals surface area contributed by atoms with Gasteiger partial charge in [0.1, 0.15) is 5.82 Å². The van der Waals surface area contributed by atoms with Gasteiger partial charge >= 0.3 is 0 Å². The van der Waals surface area contributed by atoms with Gasteiger partial charge in [0, 0.05) is 19.2 Å². The average Bonchev–Trinajstić information content (AvgIpc) is 2.86. The molecule has 1 aliphatic rings. The molecular weight excluding hydrogens is 272 g/mol. The van der Waals surface area contributed by atoms with Gasteiger partial charge in [0.15, 0.2) is 0 Å². The second kappa shape index (κ2) is 4.49. The summed E-state index contributed by atoms with van der Waals surface area (Å²) in [5, 5.41) is 2.10. The highest BCUT2D eigenvalue weighted by Gasteiger charge is 2.13. The number of nitrogens with zero attached hydrogens (tertiary/aromatic N) is 2. The third-order valence-electron chi connectivity index (χ3n) is 2.68. The van der Waals surface area contributed by atoms with Gasteiger partial charge in [-0.1, -0.05) is 6.07 Å². The van der Waals surface area contributed by atoms with Crippen molar-refractivity contribution in [2.24, 2.45) is 0 Å². The third kappa shape index (κ3) is 2.01. The summed E-state index contributed by atoms with van der Waals surface area (Å²) in [6.07, 6.45) is 5.93. The number of hydrogen-bond acceptors (Lipinski definition) is 2. The average molecular weight is 284 g/mol. The van der Waals surface area contributed by atoms with Gasteiger partial charge in [0.25, 0.3) is 0 Å². The number of thiophene rings is 1. The van der Waals surface area contributed by atoms with Gasteiger partial charge in [-0.15, -0.1) is 11.3 Å².